The number of rotatable bonds is 5. The van der Waals surface area contributed by atoms with Gasteiger partial charge in [0.05, 0.1) is 11.0 Å². The fourth-order valence-corrected chi connectivity index (χ4v) is 3.07. The maximum absolute atomic E-state index is 14.3. The third kappa shape index (κ3) is 5.38. The molecule has 1 amide bonds. The molecule has 1 aliphatic rings. The van der Waals surface area contributed by atoms with Crippen LogP contribution in [-0.4, -0.2) is 41.5 Å². The van der Waals surface area contributed by atoms with Gasteiger partial charge in [0.1, 0.15) is 22.9 Å². The molecule has 9 heteroatoms. The lowest BCUT2D eigenvalue weighted by molar-refractivity contribution is -0.384. The molecule has 1 aromatic rings. The Morgan fingerprint density at radius 3 is 2.63 bits per heavy atom. The van der Waals surface area contributed by atoms with E-state index < -0.39 is 22.4 Å². The number of ether oxygens (including phenoxy) is 1. The molecule has 1 fully saturated rings. The number of carbonyl (C=O) groups is 2. The normalized spacial score (nSPS) is 16.9. The minimum Gasteiger partial charge on any atom is -0.444 e. The Morgan fingerprint density at radius 2 is 2.07 bits per heavy atom. The molecule has 1 saturated heterocycles. The summed E-state index contributed by atoms with van der Waals surface area (Å²) in [4.78, 5) is 35.9. The molecule has 27 heavy (non-hydrogen) atoms. The number of alkyl carbamates (subject to hydrolysis) is 1. The Bertz CT molecular complexity index is 760. The molecular formula is C18H24FN3O5. The number of hydrogen-bond donors (Lipinski definition) is 1. The van der Waals surface area contributed by atoms with Gasteiger partial charge >= 0.3 is 6.09 Å². The fraction of sp³-hybridized carbons (Fsp3) is 0.556. The first-order chi connectivity index (χ1) is 12.5. The Labute approximate surface area is 156 Å². The lowest BCUT2D eigenvalue weighted by Crippen LogP contribution is -2.40. The number of nitrogens with zero attached hydrogens (tertiary/aromatic N) is 2. The molecule has 0 aromatic heterocycles. The molecule has 1 atom stereocenters. The molecule has 1 aromatic carbocycles. The van der Waals surface area contributed by atoms with Crippen molar-refractivity contribution in [3.05, 3.63) is 33.6 Å². The predicted octanol–water partition coefficient (Wildman–Crippen LogP) is 2.97. The minimum atomic E-state index is -0.658. The van der Waals surface area contributed by atoms with Crippen molar-refractivity contribution in [2.75, 3.05) is 18.0 Å². The van der Waals surface area contributed by atoms with Crippen molar-refractivity contribution < 1.29 is 23.6 Å². The summed E-state index contributed by atoms with van der Waals surface area (Å²) in [7, 11) is 0. The first-order valence-corrected chi connectivity index (χ1v) is 8.67. The van der Waals surface area contributed by atoms with E-state index in [1.807, 2.05) is 0 Å². The number of carbonyl (C=O) groups excluding carboxylic acids is 2. The van der Waals surface area contributed by atoms with Gasteiger partial charge in [-0.15, -0.1) is 0 Å². The highest BCUT2D eigenvalue weighted by Crippen LogP contribution is 2.36. The summed E-state index contributed by atoms with van der Waals surface area (Å²) in [6.45, 7) is 7.19. The molecule has 0 spiro atoms. The smallest absolute Gasteiger partial charge is 0.407 e. The summed E-state index contributed by atoms with van der Waals surface area (Å²) >= 11 is 0. The van der Waals surface area contributed by atoms with Gasteiger partial charge in [0, 0.05) is 31.1 Å². The zero-order valence-corrected chi connectivity index (χ0v) is 15.9. The van der Waals surface area contributed by atoms with Crippen molar-refractivity contribution in [2.45, 2.75) is 52.2 Å². The van der Waals surface area contributed by atoms with Crippen LogP contribution in [0, 0.1) is 15.9 Å². The fourth-order valence-electron chi connectivity index (χ4n) is 3.07. The predicted molar refractivity (Wildman–Crippen MR) is 97.4 cm³/mol. The van der Waals surface area contributed by atoms with Crippen LogP contribution >= 0.6 is 0 Å². The van der Waals surface area contributed by atoms with E-state index in [4.69, 9.17) is 4.74 Å². The van der Waals surface area contributed by atoms with Crippen molar-refractivity contribution in [1.29, 1.82) is 0 Å². The molecule has 0 aliphatic carbocycles. The van der Waals surface area contributed by atoms with Crippen LogP contribution in [0.5, 0.6) is 0 Å². The van der Waals surface area contributed by atoms with E-state index in [9.17, 15) is 24.1 Å². The van der Waals surface area contributed by atoms with E-state index >= 15 is 0 Å². The summed E-state index contributed by atoms with van der Waals surface area (Å²) in [6.07, 6.45) is -0.289. The van der Waals surface area contributed by atoms with Gasteiger partial charge < -0.3 is 15.0 Å². The summed E-state index contributed by atoms with van der Waals surface area (Å²) in [5.74, 6) is -0.951. The van der Waals surface area contributed by atoms with Crippen molar-refractivity contribution in [2.24, 2.45) is 0 Å². The second-order valence-corrected chi connectivity index (χ2v) is 7.61. The van der Waals surface area contributed by atoms with E-state index in [0.29, 0.717) is 13.0 Å². The monoisotopic (exact) mass is 381 g/mol. The second-order valence-electron chi connectivity index (χ2n) is 7.61. The topological polar surface area (TPSA) is 102 Å². The molecule has 1 heterocycles. The van der Waals surface area contributed by atoms with Crippen LogP contribution in [0.1, 0.15) is 39.7 Å². The van der Waals surface area contributed by atoms with Crippen molar-refractivity contribution >= 4 is 23.3 Å². The number of nitro groups is 1. The van der Waals surface area contributed by atoms with Crippen LogP contribution in [-0.2, 0) is 16.0 Å². The highest BCUT2D eigenvalue weighted by Gasteiger charge is 2.33. The van der Waals surface area contributed by atoms with Gasteiger partial charge in [-0.2, -0.15) is 0 Å². The highest BCUT2D eigenvalue weighted by molar-refractivity contribution is 5.82. The van der Waals surface area contributed by atoms with Gasteiger partial charge in [-0.25, -0.2) is 9.18 Å². The number of anilines is 1. The van der Waals surface area contributed by atoms with E-state index in [2.05, 4.69) is 5.32 Å². The van der Waals surface area contributed by atoms with E-state index in [-0.39, 0.29) is 41.7 Å². The quantitative estimate of drug-likeness (QED) is 0.621. The number of benzene rings is 1. The first kappa shape index (κ1) is 20.6. The van der Waals surface area contributed by atoms with Gasteiger partial charge in [-0.05, 0) is 40.2 Å². The molecule has 0 bridgehead atoms. The molecule has 2 rings (SSSR count). The number of Topliss-reactive ketones (excluding diaryl/α,β-unsaturated/α-hetero) is 1. The SMILES string of the molecule is CC(=O)Cc1c(F)ccc([N+](=O)[O-])c1N1CC[C@H](NC(=O)OC(C)(C)C)C1. The minimum absolute atomic E-state index is 0.00891. The molecular weight excluding hydrogens is 357 g/mol. The summed E-state index contributed by atoms with van der Waals surface area (Å²) < 4.78 is 19.5. The molecule has 1 aliphatic heterocycles. The number of nitro benzene ring substituents is 1. The van der Waals surface area contributed by atoms with Crippen molar-refractivity contribution in [3.8, 4) is 0 Å². The average molecular weight is 381 g/mol. The molecule has 8 nitrogen and oxygen atoms in total. The molecule has 0 saturated carbocycles. The Balaban J connectivity index is 2.25. The maximum atomic E-state index is 14.3. The van der Waals surface area contributed by atoms with Crippen LogP contribution in [0.2, 0.25) is 0 Å². The third-order valence-electron chi connectivity index (χ3n) is 4.05. The highest BCUT2D eigenvalue weighted by atomic mass is 19.1. The Kier molecular flexibility index (Phi) is 6.02. The van der Waals surface area contributed by atoms with Crippen molar-refractivity contribution in [1.82, 2.24) is 5.32 Å². The average Bonchev–Trinajstić information content (AvgIpc) is 2.94. The van der Waals surface area contributed by atoms with E-state index in [1.165, 1.54) is 6.92 Å². The number of ketones is 1. The largest absolute Gasteiger partial charge is 0.444 e. The summed E-state index contributed by atoms with van der Waals surface area (Å²) in [5.41, 5.74) is -0.790. The first-order valence-electron chi connectivity index (χ1n) is 8.67. The van der Waals surface area contributed by atoms with E-state index in [1.54, 1.807) is 25.7 Å². The molecule has 148 valence electrons. The maximum Gasteiger partial charge on any atom is 0.407 e. The second kappa shape index (κ2) is 7.89. The summed E-state index contributed by atoms with van der Waals surface area (Å²) in [6, 6.07) is 1.81. The zero-order valence-electron chi connectivity index (χ0n) is 15.9. The number of halogens is 1. The Morgan fingerprint density at radius 1 is 1.41 bits per heavy atom. The lowest BCUT2D eigenvalue weighted by atomic mass is 10.0. The summed E-state index contributed by atoms with van der Waals surface area (Å²) in [5, 5.41) is 14.2. The van der Waals surface area contributed by atoms with Crippen LogP contribution in [0.25, 0.3) is 0 Å². The van der Waals surface area contributed by atoms with E-state index in [0.717, 1.165) is 12.1 Å². The van der Waals surface area contributed by atoms with Crippen molar-refractivity contribution in [3.63, 3.8) is 0 Å². The number of amides is 1. The standard InChI is InChI=1S/C18H24FN3O5/c1-11(23)9-13-14(19)5-6-15(22(25)26)16(13)21-8-7-12(10-21)20-17(24)27-18(2,3)4/h5-6,12H,7-10H2,1-4H3,(H,20,24)/t12-/m0/s1. The van der Waals surface area contributed by atoms with Crippen LogP contribution in [0.3, 0.4) is 0 Å². The molecule has 0 unspecified atom stereocenters. The van der Waals surface area contributed by atoms with Gasteiger partial charge in [0.15, 0.2) is 0 Å². The van der Waals surface area contributed by atoms with Crippen LogP contribution < -0.4 is 10.2 Å². The Hall–Kier alpha value is -2.71. The van der Waals surface area contributed by atoms with Gasteiger partial charge in [0.25, 0.3) is 5.69 Å². The number of nitrogens with one attached hydrogen (secondary N) is 1. The lowest BCUT2D eigenvalue weighted by Gasteiger charge is -2.23. The van der Waals surface area contributed by atoms with Gasteiger partial charge in [-0.1, -0.05) is 0 Å². The van der Waals surface area contributed by atoms with Gasteiger partial charge in [-0.3, -0.25) is 14.9 Å². The third-order valence-corrected chi connectivity index (χ3v) is 4.05. The zero-order chi connectivity index (χ0) is 20.4. The van der Waals surface area contributed by atoms with Crippen LogP contribution in [0.4, 0.5) is 20.6 Å². The van der Waals surface area contributed by atoms with Gasteiger partial charge in [0.2, 0.25) is 0 Å². The molecule has 1 N–H and O–H groups in total. The number of hydrogen-bond acceptors (Lipinski definition) is 6. The van der Waals surface area contributed by atoms with Crippen LogP contribution in [0.15, 0.2) is 12.1 Å². The molecule has 0 radical (unpaired) electrons.